The average Bonchev–Trinajstić information content (AvgIpc) is 3.04. The highest BCUT2D eigenvalue weighted by atomic mass is 16.5. The van der Waals surface area contributed by atoms with Crippen LogP contribution in [0.1, 0.15) is 23.3 Å². The van der Waals surface area contributed by atoms with Crippen LogP contribution in [-0.2, 0) is 0 Å². The van der Waals surface area contributed by atoms with Crippen molar-refractivity contribution < 1.29 is 14.6 Å². The van der Waals surface area contributed by atoms with Gasteiger partial charge in [0.05, 0.1) is 11.8 Å². The van der Waals surface area contributed by atoms with Crippen LogP contribution in [0.3, 0.4) is 0 Å². The van der Waals surface area contributed by atoms with Crippen LogP contribution in [0.4, 0.5) is 0 Å². The first kappa shape index (κ1) is 10.8. The number of nitrogens with one attached hydrogen (secondary N) is 1. The molecule has 1 aliphatic carbocycles. The smallest absolute Gasteiger partial charge is 0.353 e. The minimum absolute atomic E-state index is 0.0864. The fourth-order valence-corrected chi connectivity index (χ4v) is 1.66. The molecule has 0 saturated heterocycles. The second kappa shape index (κ2) is 4.18. The molecule has 1 aromatic carbocycles. The minimum Gasteiger partial charge on any atom is -0.490 e. The van der Waals surface area contributed by atoms with Crippen molar-refractivity contribution in [1.82, 2.24) is 10.2 Å². The number of rotatable bonds is 4. The van der Waals surface area contributed by atoms with Gasteiger partial charge >= 0.3 is 5.97 Å². The van der Waals surface area contributed by atoms with Crippen LogP contribution in [0.2, 0.25) is 0 Å². The Balaban J connectivity index is 1.79. The lowest BCUT2D eigenvalue weighted by atomic mass is 10.1. The van der Waals surface area contributed by atoms with E-state index in [-0.39, 0.29) is 5.69 Å². The van der Waals surface area contributed by atoms with E-state index < -0.39 is 5.97 Å². The number of carboxylic acid groups (broad SMARTS) is 1. The summed E-state index contributed by atoms with van der Waals surface area (Å²) in [6, 6.07) is 9.02. The molecule has 0 spiro atoms. The first-order chi connectivity index (χ1) is 8.72. The Morgan fingerprint density at radius 3 is 2.61 bits per heavy atom. The van der Waals surface area contributed by atoms with E-state index in [1.54, 1.807) is 0 Å². The molecule has 2 N–H and O–H groups in total. The molecule has 1 aromatic heterocycles. The molecule has 3 rings (SSSR count). The van der Waals surface area contributed by atoms with Gasteiger partial charge in [0.25, 0.3) is 0 Å². The van der Waals surface area contributed by atoms with Crippen molar-refractivity contribution in [2.24, 2.45) is 0 Å². The summed E-state index contributed by atoms with van der Waals surface area (Å²) in [5.41, 5.74) is 1.57. The molecule has 2 aromatic rings. The minimum atomic E-state index is -1.01. The number of benzene rings is 1. The number of hydrogen-bond acceptors (Lipinski definition) is 3. The fourth-order valence-electron chi connectivity index (χ4n) is 1.66. The van der Waals surface area contributed by atoms with E-state index in [1.165, 1.54) is 6.07 Å². The predicted octanol–water partition coefficient (Wildman–Crippen LogP) is 2.32. The third kappa shape index (κ3) is 2.20. The van der Waals surface area contributed by atoms with E-state index in [2.05, 4.69) is 10.2 Å². The van der Waals surface area contributed by atoms with Crippen LogP contribution in [0.25, 0.3) is 11.3 Å². The largest absolute Gasteiger partial charge is 0.490 e. The molecule has 1 saturated carbocycles. The van der Waals surface area contributed by atoms with E-state index >= 15 is 0 Å². The normalized spacial score (nSPS) is 14.4. The zero-order valence-corrected chi connectivity index (χ0v) is 9.59. The van der Waals surface area contributed by atoms with Crippen LogP contribution in [-0.4, -0.2) is 27.4 Å². The molecule has 5 nitrogen and oxygen atoms in total. The summed E-state index contributed by atoms with van der Waals surface area (Å²) in [5.74, 6) is -0.169. The highest BCUT2D eigenvalue weighted by Crippen LogP contribution is 2.28. The Hall–Kier alpha value is -2.30. The summed E-state index contributed by atoms with van der Waals surface area (Å²) < 4.78 is 5.64. The Kier molecular flexibility index (Phi) is 2.51. The summed E-state index contributed by atoms with van der Waals surface area (Å²) >= 11 is 0. The summed E-state index contributed by atoms with van der Waals surface area (Å²) in [6.45, 7) is 0. The number of ether oxygens (including phenoxy) is 1. The number of aromatic amines is 1. The van der Waals surface area contributed by atoms with Crippen LogP contribution >= 0.6 is 0 Å². The van der Waals surface area contributed by atoms with E-state index in [9.17, 15) is 4.79 Å². The van der Waals surface area contributed by atoms with Crippen molar-refractivity contribution in [2.75, 3.05) is 0 Å². The quantitative estimate of drug-likeness (QED) is 0.865. The number of nitrogens with zero attached hydrogens (tertiary/aromatic N) is 1. The van der Waals surface area contributed by atoms with Gasteiger partial charge in [0.1, 0.15) is 11.4 Å². The molecule has 1 heterocycles. The van der Waals surface area contributed by atoms with Crippen LogP contribution < -0.4 is 4.74 Å². The van der Waals surface area contributed by atoms with E-state index in [1.807, 2.05) is 24.3 Å². The molecule has 5 heteroatoms. The van der Waals surface area contributed by atoms with Crippen LogP contribution in [0, 0.1) is 0 Å². The standard InChI is InChI=1S/C13H12N2O3/c16-13(17)12-7-11(14-15-12)8-1-3-9(4-2-8)18-10-5-6-10/h1-4,7,10H,5-6H2,(H,14,15)(H,16,17). The second-order valence-electron chi connectivity index (χ2n) is 4.31. The molecular formula is C13H12N2O3. The van der Waals surface area contributed by atoms with Gasteiger partial charge < -0.3 is 9.84 Å². The maximum absolute atomic E-state index is 10.7. The fraction of sp³-hybridized carbons (Fsp3) is 0.231. The van der Waals surface area contributed by atoms with Crippen LogP contribution in [0.5, 0.6) is 5.75 Å². The first-order valence-corrected chi connectivity index (χ1v) is 5.78. The van der Waals surface area contributed by atoms with Crippen LogP contribution in [0.15, 0.2) is 30.3 Å². The van der Waals surface area contributed by atoms with Gasteiger partial charge in [0, 0.05) is 5.56 Å². The lowest BCUT2D eigenvalue weighted by Gasteiger charge is -2.04. The SMILES string of the molecule is O=C(O)c1cc(-c2ccc(OC3CC3)cc2)n[nH]1. The van der Waals surface area contributed by atoms with Crippen molar-refractivity contribution in [3.8, 4) is 17.0 Å². The Morgan fingerprint density at radius 2 is 2.06 bits per heavy atom. The molecule has 92 valence electrons. The maximum atomic E-state index is 10.7. The number of aromatic carboxylic acids is 1. The number of carbonyl (C=O) groups is 1. The Bertz CT molecular complexity index is 570. The molecule has 1 fully saturated rings. The summed E-state index contributed by atoms with van der Waals surface area (Å²) in [4.78, 5) is 10.7. The molecule has 1 aliphatic rings. The van der Waals surface area contributed by atoms with Gasteiger partial charge in [-0.1, -0.05) is 0 Å². The molecule has 0 aliphatic heterocycles. The summed E-state index contributed by atoms with van der Waals surface area (Å²) in [5, 5.41) is 15.2. The molecule has 0 unspecified atom stereocenters. The first-order valence-electron chi connectivity index (χ1n) is 5.78. The number of carboxylic acids is 1. The van der Waals surface area contributed by atoms with E-state index in [4.69, 9.17) is 9.84 Å². The second-order valence-corrected chi connectivity index (χ2v) is 4.31. The Morgan fingerprint density at radius 1 is 1.33 bits per heavy atom. The van der Waals surface area contributed by atoms with Gasteiger partial charge in [-0.25, -0.2) is 4.79 Å². The molecular weight excluding hydrogens is 232 g/mol. The monoisotopic (exact) mass is 244 g/mol. The Labute approximate surface area is 103 Å². The molecule has 0 radical (unpaired) electrons. The van der Waals surface area contributed by atoms with Gasteiger partial charge in [0.15, 0.2) is 0 Å². The molecule has 18 heavy (non-hydrogen) atoms. The van der Waals surface area contributed by atoms with Gasteiger partial charge in [-0.15, -0.1) is 0 Å². The number of aromatic nitrogens is 2. The third-order valence-corrected chi connectivity index (χ3v) is 2.79. The lowest BCUT2D eigenvalue weighted by molar-refractivity contribution is 0.0690. The van der Waals surface area contributed by atoms with Gasteiger partial charge in [0.2, 0.25) is 0 Å². The van der Waals surface area contributed by atoms with Crippen molar-refractivity contribution >= 4 is 5.97 Å². The highest BCUT2D eigenvalue weighted by molar-refractivity contribution is 5.86. The van der Waals surface area contributed by atoms with Gasteiger partial charge in [-0.2, -0.15) is 5.10 Å². The van der Waals surface area contributed by atoms with Crippen molar-refractivity contribution in [3.63, 3.8) is 0 Å². The lowest BCUT2D eigenvalue weighted by Crippen LogP contribution is -1.95. The van der Waals surface area contributed by atoms with Crippen molar-refractivity contribution in [3.05, 3.63) is 36.0 Å². The van der Waals surface area contributed by atoms with E-state index in [0.717, 1.165) is 24.2 Å². The topological polar surface area (TPSA) is 75.2 Å². The highest BCUT2D eigenvalue weighted by Gasteiger charge is 2.23. The maximum Gasteiger partial charge on any atom is 0.353 e. The summed E-state index contributed by atoms with van der Waals surface area (Å²) in [6.07, 6.45) is 2.63. The molecule has 0 bridgehead atoms. The number of hydrogen-bond donors (Lipinski definition) is 2. The van der Waals surface area contributed by atoms with Crippen molar-refractivity contribution in [1.29, 1.82) is 0 Å². The zero-order valence-electron chi connectivity index (χ0n) is 9.59. The number of H-pyrrole nitrogens is 1. The molecule has 0 amide bonds. The van der Waals surface area contributed by atoms with Gasteiger partial charge in [-0.05, 0) is 43.2 Å². The van der Waals surface area contributed by atoms with Crippen molar-refractivity contribution in [2.45, 2.75) is 18.9 Å². The van der Waals surface area contributed by atoms with E-state index in [0.29, 0.717) is 11.8 Å². The van der Waals surface area contributed by atoms with Gasteiger partial charge in [-0.3, -0.25) is 5.10 Å². The molecule has 0 atom stereocenters. The summed E-state index contributed by atoms with van der Waals surface area (Å²) in [7, 11) is 0. The predicted molar refractivity (Wildman–Crippen MR) is 64.6 cm³/mol. The zero-order chi connectivity index (χ0) is 12.5. The third-order valence-electron chi connectivity index (χ3n) is 2.79. The average molecular weight is 244 g/mol.